The molecular formula is C15H22N4O4. The molecular weight excluding hydrogens is 300 g/mol. The SMILES string of the molecule is CCOC(=O)N1CCC(NC(=O)Nc2cccnc2OC)CC1. The van der Waals surface area contributed by atoms with Gasteiger partial charge in [0.1, 0.15) is 5.69 Å². The predicted molar refractivity (Wildman–Crippen MR) is 84.6 cm³/mol. The number of rotatable bonds is 4. The van der Waals surface area contributed by atoms with Crippen LogP contribution in [-0.4, -0.2) is 54.9 Å². The maximum absolute atomic E-state index is 12.1. The number of anilines is 1. The molecule has 1 aliphatic heterocycles. The number of ether oxygens (including phenoxy) is 2. The number of hydrogen-bond donors (Lipinski definition) is 2. The van der Waals surface area contributed by atoms with Crippen molar-refractivity contribution in [1.82, 2.24) is 15.2 Å². The zero-order valence-corrected chi connectivity index (χ0v) is 13.4. The van der Waals surface area contributed by atoms with Crippen LogP contribution < -0.4 is 15.4 Å². The van der Waals surface area contributed by atoms with Gasteiger partial charge in [-0.3, -0.25) is 0 Å². The number of amides is 3. The van der Waals surface area contributed by atoms with E-state index in [1.165, 1.54) is 7.11 Å². The van der Waals surface area contributed by atoms with Gasteiger partial charge in [0.15, 0.2) is 0 Å². The summed E-state index contributed by atoms with van der Waals surface area (Å²) in [5.74, 6) is 0.361. The highest BCUT2D eigenvalue weighted by Crippen LogP contribution is 2.19. The molecule has 8 heteroatoms. The Labute approximate surface area is 135 Å². The van der Waals surface area contributed by atoms with Gasteiger partial charge in [-0.25, -0.2) is 14.6 Å². The lowest BCUT2D eigenvalue weighted by atomic mass is 10.1. The number of hydrogen-bond acceptors (Lipinski definition) is 5. The monoisotopic (exact) mass is 322 g/mol. The lowest BCUT2D eigenvalue weighted by Crippen LogP contribution is -2.47. The third-order valence-electron chi connectivity index (χ3n) is 3.57. The van der Waals surface area contributed by atoms with Gasteiger partial charge in [0.05, 0.1) is 13.7 Å². The third-order valence-corrected chi connectivity index (χ3v) is 3.57. The van der Waals surface area contributed by atoms with E-state index in [0.29, 0.717) is 44.1 Å². The molecule has 126 valence electrons. The van der Waals surface area contributed by atoms with Crippen LogP contribution in [0.3, 0.4) is 0 Å². The fourth-order valence-corrected chi connectivity index (χ4v) is 2.41. The summed E-state index contributed by atoms with van der Waals surface area (Å²) < 4.78 is 10.1. The van der Waals surface area contributed by atoms with Crippen molar-refractivity contribution in [3.05, 3.63) is 18.3 Å². The van der Waals surface area contributed by atoms with Crippen LogP contribution in [-0.2, 0) is 4.74 Å². The first-order valence-corrected chi connectivity index (χ1v) is 7.62. The van der Waals surface area contributed by atoms with Crippen molar-refractivity contribution >= 4 is 17.8 Å². The second kappa shape index (κ2) is 8.21. The number of likely N-dealkylation sites (tertiary alicyclic amines) is 1. The molecule has 1 saturated heterocycles. The van der Waals surface area contributed by atoms with E-state index >= 15 is 0 Å². The molecule has 0 atom stereocenters. The number of aromatic nitrogens is 1. The lowest BCUT2D eigenvalue weighted by Gasteiger charge is -2.31. The van der Waals surface area contributed by atoms with Crippen molar-refractivity contribution in [2.75, 3.05) is 32.1 Å². The average molecular weight is 322 g/mol. The summed E-state index contributed by atoms with van der Waals surface area (Å²) in [4.78, 5) is 29.4. The van der Waals surface area contributed by atoms with Gasteiger partial charge < -0.3 is 25.0 Å². The quantitative estimate of drug-likeness (QED) is 0.882. The number of nitrogens with zero attached hydrogens (tertiary/aromatic N) is 2. The fourth-order valence-electron chi connectivity index (χ4n) is 2.41. The highest BCUT2D eigenvalue weighted by molar-refractivity contribution is 5.90. The van der Waals surface area contributed by atoms with E-state index in [1.54, 1.807) is 30.2 Å². The molecule has 0 aromatic carbocycles. The van der Waals surface area contributed by atoms with Gasteiger partial charge in [-0.2, -0.15) is 0 Å². The maximum Gasteiger partial charge on any atom is 0.409 e. The van der Waals surface area contributed by atoms with Gasteiger partial charge in [-0.1, -0.05) is 0 Å². The largest absolute Gasteiger partial charge is 0.480 e. The molecule has 3 amide bonds. The molecule has 2 N–H and O–H groups in total. The first kappa shape index (κ1) is 16.9. The zero-order valence-electron chi connectivity index (χ0n) is 13.4. The zero-order chi connectivity index (χ0) is 16.7. The van der Waals surface area contributed by atoms with Gasteiger partial charge >= 0.3 is 12.1 Å². The first-order valence-electron chi connectivity index (χ1n) is 7.62. The van der Waals surface area contributed by atoms with Gasteiger partial charge in [0.25, 0.3) is 0 Å². The molecule has 0 radical (unpaired) electrons. The molecule has 0 saturated carbocycles. The minimum atomic E-state index is -0.314. The number of carbonyl (C=O) groups is 2. The number of pyridine rings is 1. The molecule has 0 aliphatic carbocycles. The minimum Gasteiger partial charge on any atom is -0.480 e. The highest BCUT2D eigenvalue weighted by atomic mass is 16.6. The Balaban J connectivity index is 1.80. The Morgan fingerprint density at radius 1 is 1.39 bits per heavy atom. The van der Waals surface area contributed by atoms with Crippen LogP contribution in [0.1, 0.15) is 19.8 Å². The maximum atomic E-state index is 12.1. The van der Waals surface area contributed by atoms with Gasteiger partial charge in [-0.05, 0) is 31.9 Å². The summed E-state index contributed by atoms with van der Waals surface area (Å²) in [6, 6.07) is 3.14. The Bertz CT molecular complexity index is 544. The van der Waals surface area contributed by atoms with Crippen LogP contribution in [0.4, 0.5) is 15.3 Å². The lowest BCUT2D eigenvalue weighted by molar-refractivity contribution is 0.0959. The minimum absolute atomic E-state index is 0.0170. The van der Waals surface area contributed by atoms with E-state index in [4.69, 9.17) is 9.47 Å². The van der Waals surface area contributed by atoms with E-state index in [-0.39, 0.29) is 18.2 Å². The smallest absolute Gasteiger partial charge is 0.409 e. The van der Waals surface area contributed by atoms with E-state index in [2.05, 4.69) is 15.6 Å². The number of carbonyl (C=O) groups excluding carboxylic acids is 2. The van der Waals surface area contributed by atoms with Crippen molar-refractivity contribution in [2.45, 2.75) is 25.8 Å². The highest BCUT2D eigenvalue weighted by Gasteiger charge is 2.24. The number of urea groups is 1. The van der Waals surface area contributed by atoms with Gasteiger partial charge in [-0.15, -0.1) is 0 Å². The Morgan fingerprint density at radius 2 is 2.13 bits per heavy atom. The summed E-state index contributed by atoms with van der Waals surface area (Å²) in [6.45, 7) is 3.29. The molecule has 2 rings (SSSR count). The number of nitrogens with one attached hydrogen (secondary N) is 2. The summed E-state index contributed by atoms with van der Waals surface area (Å²) >= 11 is 0. The number of piperidine rings is 1. The summed E-state index contributed by atoms with van der Waals surface area (Å²) in [5, 5.41) is 5.62. The standard InChI is InChI=1S/C15H22N4O4/c1-3-23-15(21)19-9-6-11(7-10-19)17-14(20)18-12-5-4-8-16-13(12)22-2/h4-5,8,11H,3,6-7,9-10H2,1-2H3,(H2,17,18,20). The Kier molecular flexibility index (Phi) is 6.02. The van der Waals surface area contributed by atoms with Crippen molar-refractivity contribution in [2.24, 2.45) is 0 Å². The molecule has 1 fully saturated rings. The molecule has 1 aromatic heterocycles. The van der Waals surface area contributed by atoms with Crippen molar-refractivity contribution in [3.63, 3.8) is 0 Å². The van der Waals surface area contributed by atoms with Crippen LogP contribution in [0.5, 0.6) is 5.88 Å². The van der Waals surface area contributed by atoms with E-state index in [0.717, 1.165) is 0 Å². The third kappa shape index (κ3) is 4.73. The number of methoxy groups -OCH3 is 1. The van der Waals surface area contributed by atoms with Crippen molar-refractivity contribution in [1.29, 1.82) is 0 Å². The second-order valence-electron chi connectivity index (χ2n) is 5.12. The summed E-state index contributed by atoms with van der Waals surface area (Å²) in [6.07, 6.45) is 2.68. The van der Waals surface area contributed by atoms with Crippen molar-refractivity contribution < 1.29 is 19.1 Å². The molecule has 2 heterocycles. The summed E-state index contributed by atoms with van der Waals surface area (Å²) in [5.41, 5.74) is 0.511. The van der Waals surface area contributed by atoms with Gasteiger partial charge in [0, 0.05) is 25.3 Å². The molecule has 23 heavy (non-hydrogen) atoms. The summed E-state index contributed by atoms with van der Waals surface area (Å²) in [7, 11) is 1.50. The molecule has 0 unspecified atom stereocenters. The van der Waals surface area contributed by atoms with E-state index < -0.39 is 0 Å². The normalized spacial score (nSPS) is 15.0. The second-order valence-corrected chi connectivity index (χ2v) is 5.12. The Hall–Kier alpha value is -2.51. The molecule has 1 aromatic rings. The Morgan fingerprint density at radius 3 is 2.78 bits per heavy atom. The van der Waals surface area contributed by atoms with Crippen LogP contribution in [0.15, 0.2) is 18.3 Å². The van der Waals surface area contributed by atoms with Crippen LogP contribution in [0.2, 0.25) is 0 Å². The predicted octanol–water partition coefficient (Wildman–Crippen LogP) is 1.83. The topological polar surface area (TPSA) is 92.8 Å². The molecule has 0 bridgehead atoms. The first-order chi connectivity index (χ1) is 11.1. The van der Waals surface area contributed by atoms with Crippen molar-refractivity contribution in [3.8, 4) is 5.88 Å². The van der Waals surface area contributed by atoms with E-state index in [9.17, 15) is 9.59 Å². The average Bonchev–Trinajstić information content (AvgIpc) is 2.56. The molecule has 8 nitrogen and oxygen atoms in total. The van der Waals surface area contributed by atoms with Crippen LogP contribution in [0, 0.1) is 0 Å². The molecule has 1 aliphatic rings. The molecule has 0 spiro atoms. The van der Waals surface area contributed by atoms with Crippen LogP contribution in [0.25, 0.3) is 0 Å². The fraction of sp³-hybridized carbons (Fsp3) is 0.533. The van der Waals surface area contributed by atoms with E-state index in [1.807, 2.05) is 0 Å². The van der Waals surface area contributed by atoms with Gasteiger partial charge in [0.2, 0.25) is 5.88 Å². The van der Waals surface area contributed by atoms with Crippen LogP contribution >= 0.6 is 0 Å².